The summed E-state index contributed by atoms with van der Waals surface area (Å²) in [4.78, 5) is 25.5. The van der Waals surface area contributed by atoms with E-state index in [2.05, 4.69) is 10.2 Å². The van der Waals surface area contributed by atoms with Crippen LogP contribution in [0.3, 0.4) is 0 Å². The lowest BCUT2D eigenvalue weighted by Gasteiger charge is -2.31. The molecule has 1 saturated heterocycles. The van der Waals surface area contributed by atoms with E-state index in [1.54, 1.807) is 24.3 Å². The highest BCUT2D eigenvalue weighted by molar-refractivity contribution is 5.96. The van der Waals surface area contributed by atoms with Crippen LogP contribution in [0.15, 0.2) is 24.3 Å². The van der Waals surface area contributed by atoms with Crippen LogP contribution in [-0.2, 0) is 9.53 Å². The van der Waals surface area contributed by atoms with Crippen LogP contribution in [0.5, 0.6) is 0 Å². The molecule has 0 unspecified atom stereocenters. The maximum Gasteiger partial charge on any atom is 0.241 e. The molecule has 20 heavy (non-hydrogen) atoms. The third-order valence-electron chi connectivity index (χ3n) is 3.53. The number of benzene rings is 1. The standard InChI is InChI=1S/C15H20N2O3/c1-11(17-7-9-20-10-8-17)15(19)16-14-5-3-13(4-6-14)12(2)18/h3-6,11H,7-10H2,1-2H3,(H,16,19)/t11-/m1/s1. The molecule has 1 amide bonds. The summed E-state index contributed by atoms with van der Waals surface area (Å²) in [6.07, 6.45) is 0. The van der Waals surface area contributed by atoms with E-state index in [0.29, 0.717) is 24.5 Å². The van der Waals surface area contributed by atoms with Crippen molar-refractivity contribution in [1.29, 1.82) is 0 Å². The fraction of sp³-hybridized carbons (Fsp3) is 0.467. The van der Waals surface area contributed by atoms with Crippen LogP contribution in [-0.4, -0.2) is 48.9 Å². The minimum Gasteiger partial charge on any atom is -0.379 e. The first-order valence-corrected chi connectivity index (χ1v) is 6.81. The van der Waals surface area contributed by atoms with Gasteiger partial charge in [-0.15, -0.1) is 0 Å². The number of hydrogen-bond acceptors (Lipinski definition) is 4. The lowest BCUT2D eigenvalue weighted by molar-refractivity contribution is -0.122. The average Bonchev–Trinajstić information content (AvgIpc) is 2.48. The predicted molar refractivity (Wildman–Crippen MR) is 76.9 cm³/mol. The van der Waals surface area contributed by atoms with Gasteiger partial charge in [-0.25, -0.2) is 0 Å². The number of carbonyl (C=O) groups is 2. The SMILES string of the molecule is CC(=O)c1ccc(NC(=O)[C@@H](C)N2CCOCC2)cc1. The maximum absolute atomic E-state index is 12.2. The minimum atomic E-state index is -0.189. The second kappa shape index (κ2) is 6.63. The molecule has 5 heteroatoms. The Hall–Kier alpha value is -1.72. The zero-order valence-corrected chi connectivity index (χ0v) is 11.9. The van der Waals surface area contributed by atoms with Gasteiger partial charge in [-0.3, -0.25) is 14.5 Å². The fourth-order valence-electron chi connectivity index (χ4n) is 2.17. The summed E-state index contributed by atoms with van der Waals surface area (Å²) >= 11 is 0. The summed E-state index contributed by atoms with van der Waals surface area (Å²) in [5.74, 6) is -0.0213. The number of ketones is 1. The predicted octanol–water partition coefficient (Wildman–Crippen LogP) is 1.55. The van der Waals surface area contributed by atoms with Crippen molar-refractivity contribution in [3.05, 3.63) is 29.8 Å². The number of anilines is 1. The quantitative estimate of drug-likeness (QED) is 0.848. The van der Waals surface area contributed by atoms with Crippen LogP contribution >= 0.6 is 0 Å². The Bertz CT molecular complexity index is 478. The first kappa shape index (κ1) is 14.7. The van der Waals surface area contributed by atoms with Gasteiger partial charge in [0.25, 0.3) is 0 Å². The van der Waals surface area contributed by atoms with Gasteiger partial charge in [0.15, 0.2) is 5.78 Å². The molecule has 0 spiro atoms. The smallest absolute Gasteiger partial charge is 0.241 e. The molecule has 1 aromatic rings. The number of Topliss-reactive ketones (excluding diaryl/α,β-unsaturated/α-hetero) is 1. The topological polar surface area (TPSA) is 58.6 Å². The Morgan fingerprint density at radius 2 is 1.80 bits per heavy atom. The second-order valence-electron chi connectivity index (χ2n) is 4.95. The van der Waals surface area contributed by atoms with E-state index in [1.165, 1.54) is 6.92 Å². The molecule has 1 heterocycles. The highest BCUT2D eigenvalue weighted by Gasteiger charge is 2.23. The van der Waals surface area contributed by atoms with E-state index in [9.17, 15) is 9.59 Å². The van der Waals surface area contributed by atoms with E-state index in [0.717, 1.165) is 13.1 Å². The van der Waals surface area contributed by atoms with Gasteiger partial charge < -0.3 is 10.1 Å². The second-order valence-corrected chi connectivity index (χ2v) is 4.95. The fourth-order valence-corrected chi connectivity index (χ4v) is 2.17. The monoisotopic (exact) mass is 276 g/mol. The molecule has 108 valence electrons. The van der Waals surface area contributed by atoms with Gasteiger partial charge >= 0.3 is 0 Å². The van der Waals surface area contributed by atoms with E-state index in [-0.39, 0.29) is 17.7 Å². The van der Waals surface area contributed by atoms with Crippen molar-refractivity contribution < 1.29 is 14.3 Å². The molecule has 0 aliphatic carbocycles. The van der Waals surface area contributed by atoms with E-state index >= 15 is 0 Å². The van der Waals surface area contributed by atoms with Crippen molar-refractivity contribution in [2.75, 3.05) is 31.6 Å². The van der Waals surface area contributed by atoms with Gasteiger partial charge in [-0.05, 0) is 38.1 Å². The first-order valence-electron chi connectivity index (χ1n) is 6.81. The number of nitrogens with zero attached hydrogens (tertiary/aromatic N) is 1. The highest BCUT2D eigenvalue weighted by Crippen LogP contribution is 2.12. The average molecular weight is 276 g/mol. The summed E-state index contributed by atoms with van der Waals surface area (Å²) in [7, 11) is 0. The molecular weight excluding hydrogens is 256 g/mol. The van der Waals surface area contributed by atoms with Crippen LogP contribution in [0.1, 0.15) is 24.2 Å². The maximum atomic E-state index is 12.2. The molecule has 0 bridgehead atoms. The molecular formula is C15H20N2O3. The zero-order valence-electron chi connectivity index (χ0n) is 11.9. The Kier molecular flexibility index (Phi) is 4.87. The van der Waals surface area contributed by atoms with Gasteiger partial charge in [0.1, 0.15) is 0 Å². The molecule has 0 saturated carbocycles. The number of rotatable bonds is 4. The number of nitrogens with one attached hydrogen (secondary N) is 1. The molecule has 2 rings (SSSR count). The molecule has 1 aliphatic rings. The summed E-state index contributed by atoms with van der Waals surface area (Å²) in [5, 5.41) is 2.87. The normalized spacial score (nSPS) is 17.5. The van der Waals surface area contributed by atoms with Crippen LogP contribution in [0.4, 0.5) is 5.69 Å². The van der Waals surface area contributed by atoms with Crippen LogP contribution in [0, 0.1) is 0 Å². The Morgan fingerprint density at radius 3 is 2.35 bits per heavy atom. The number of morpholine rings is 1. The van der Waals surface area contributed by atoms with Crippen LogP contribution in [0.25, 0.3) is 0 Å². The van der Waals surface area contributed by atoms with Gasteiger partial charge in [-0.2, -0.15) is 0 Å². The third-order valence-corrected chi connectivity index (χ3v) is 3.53. The van der Waals surface area contributed by atoms with E-state index < -0.39 is 0 Å². The van der Waals surface area contributed by atoms with Crippen molar-refractivity contribution in [3.63, 3.8) is 0 Å². The first-order chi connectivity index (χ1) is 9.58. The number of carbonyl (C=O) groups excluding carboxylic acids is 2. The molecule has 1 N–H and O–H groups in total. The van der Waals surface area contributed by atoms with Crippen molar-refractivity contribution in [2.24, 2.45) is 0 Å². The molecule has 5 nitrogen and oxygen atoms in total. The van der Waals surface area contributed by atoms with Crippen molar-refractivity contribution in [1.82, 2.24) is 4.90 Å². The number of hydrogen-bond donors (Lipinski definition) is 1. The molecule has 1 aliphatic heterocycles. The van der Waals surface area contributed by atoms with Crippen LogP contribution < -0.4 is 5.32 Å². The van der Waals surface area contributed by atoms with Crippen molar-refractivity contribution in [2.45, 2.75) is 19.9 Å². The largest absolute Gasteiger partial charge is 0.379 e. The third kappa shape index (κ3) is 3.65. The van der Waals surface area contributed by atoms with E-state index in [1.807, 2.05) is 6.92 Å². The van der Waals surface area contributed by atoms with Crippen molar-refractivity contribution in [3.8, 4) is 0 Å². The number of amides is 1. The molecule has 1 atom stereocenters. The van der Waals surface area contributed by atoms with Gasteiger partial charge in [0.05, 0.1) is 19.3 Å². The summed E-state index contributed by atoms with van der Waals surface area (Å²) in [6, 6.07) is 6.75. The highest BCUT2D eigenvalue weighted by atomic mass is 16.5. The zero-order chi connectivity index (χ0) is 14.5. The Labute approximate surface area is 118 Å². The van der Waals surface area contributed by atoms with E-state index in [4.69, 9.17) is 4.74 Å². The van der Waals surface area contributed by atoms with Crippen LogP contribution in [0.2, 0.25) is 0 Å². The Balaban J connectivity index is 1.94. The summed E-state index contributed by atoms with van der Waals surface area (Å²) < 4.78 is 5.28. The van der Waals surface area contributed by atoms with Gasteiger partial charge in [-0.1, -0.05) is 0 Å². The molecule has 1 aromatic carbocycles. The molecule has 0 aromatic heterocycles. The molecule has 0 radical (unpaired) electrons. The Morgan fingerprint density at radius 1 is 1.20 bits per heavy atom. The lowest BCUT2D eigenvalue weighted by Crippen LogP contribution is -2.47. The summed E-state index contributed by atoms with van der Waals surface area (Å²) in [5.41, 5.74) is 1.35. The molecule has 1 fully saturated rings. The minimum absolute atomic E-state index is 0.0181. The lowest BCUT2D eigenvalue weighted by atomic mass is 10.1. The van der Waals surface area contributed by atoms with Crippen molar-refractivity contribution >= 4 is 17.4 Å². The van der Waals surface area contributed by atoms with Gasteiger partial charge in [0.2, 0.25) is 5.91 Å². The summed E-state index contributed by atoms with van der Waals surface area (Å²) in [6.45, 7) is 6.31. The number of ether oxygens (including phenoxy) is 1. The van der Waals surface area contributed by atoms with Gasteiger partial charge in [0, 0.05) is 24.3 Å².